The second-order valence-corrected chi connectivity index (χ2v) is 7.44. The Bertz CT molecular complexity index is 968. The van der Waals surface area contributed by atoms with Crippen LogP contribution in [0.4, 0.5) is 11.6 Å². The zero-order chi connectivity index (χ0) is 20.8. The fourth-order valence-electron chi connectivity index (χ4n) is 2.75. The number of aryl methyl sites for hydroxylation is 1. The van der Waals surface area contributed by atoms with Gasteiger partial charge >= 0.3 is 0 Å². The lowest BCUT2D eigenvalue weighted by Crippen LogP contribution is -2.22. The molecule has 0 spiro atoms. The number of benzene rings is 1. The van der Waals surface area contributed by atoms with Crippen molar-refractivity contribution in [2.24, 2.45) is 0 Å². The maximum absolute atomic E-state index is 11.5. The summed E-state index contributed by atoms with van der Waals surface area (Å²) in [6.07, 6.45) is 5.95. The van der Waals surface area contributed by atoms with Gasteiger partial charge < -0.3 is 10.6 Å². The predicted molar refractivity (Wildman–Crippen MR) is 115 cm³/mol. The molecule has 0 radical (unpaired) electrons. The number of carbonyl (C=O) groups excluding carboxylic acids is 1. The highest BCUT2D eigenvalue weighted by atomic mass is 35.5. The Morgan fingerprint density at radius 2 is 1.97 bits per heavy atom. The molecule has 2 N–H and O–H groups in total. The third kappa shape index (κ3) is 5.54. The molecule has 0 saturated heterocycles. The van der Waals surface area contributed by atoms with Gasteiger partial charge in [-0.2, -0.15) is 5.10 Å². The van der Waals surface area contributed by atoms with Crippen molar-refractivity contribution in [2.75, 3.05) is 11.2 Å². The molecule has 1 aromatic carbocycles. The number of carbonyl (C=O) groups is 1. The number of hydrogen-bond donors (Lipinski definition) is 2. The van der Waals surface area contributed by atoms with E-state index in [1.54, 1.807) is 6.20 Å². The van der Waals surface area contributed by atoms with Crippen LogP contribution >= 0.6 is 11.6 Å². The lowest BCUT2D eigenvalue weighted by Gasteiger charge is -2.09. The van der Waals surface area contributed by atoms with E-state index in [1.165, 1.54) is 0 Å². The van der Waals surface area contributed by atoms with E-state index in [1.807, 2.05) is 48.3 Å². The summed E-state index contributed by atoms with van der Waals surface area (Å²) < 4.78 is 1.91. The Labute approximate surface area is 175 Å². The first-order valence-corrected chi connectivity index (χ1v) is 10.1. The normalized spacial score (nSPS) is 10.9. The van der Waals surface area contributed by atoms with Gasteiger partial charge in [0, 0.05) is 48.5 Å². The van der Waals surface area contributed by atoms with Crippen LogP contribution in [0, 0.1) is 6.92 Å². The fraction of sp³-hybridized carbons (Fsp3) is 0.333. The van der Waals surface area contributed by atoms with Crippen LogP contribution in [0.2, 0.25) is 0 Å². The highest BCUT2D eigenvalue weighted by molar-refractivity contribution is 6.18. The average Bonchev–Trinajstić information content (AvgIpc) is 3.19. The Balaban J connectivity index is 1.69. The molecule has 2 aromatic heterocycles. The Morgan fingerprint density at radius 1 is 1.21 bits per heavy atom. The maximum atomic E-state index is 11.5. The van der Waals surface area contributed by atoms with Crippen LogP contribution in [0.25, 0.3) is 11.3 Å². The summed E-state index contributed by atoms with van der Waals surface area (Å²) in [5, 5.41) is 10.5. The number of nitrogens with zero attached hydrogens (tertiary/aromatic N) is 4. The van der Waals surface area contributed by atoms with Gasteiger partial charge in [0.15, 0.2) is 0 Å². The molecular formula is C21H25ClN6O. The van der Waals surface area contributed by atoms with Crippen LogP contribution in [0.15, 0.2) is 42.9 Å². The molecule has 0 aliphatic carbocycles. The second-order valence-electron chi connectivity index (χ2n) is 7.07. The zero-order valence-electron chi connectivity index (χ0n) is 16.8. The third-order valence-electron chi connectivity index (χ3n) is 4.40. The molecule has 0 fully saturated rings. The first-order valence-electron chi connectivity index (χ1n) is 9.53. The van der Waals surface area contributed by atoms with Crippen LogP contribution < -0.4 is 10.6 Å². The van der Waals surface area contributed by atoms with E-state index in [0.29, 0.717) is 30.8 Å². The minimum absolute atomic E-state index is 0.0522. The highest BCUT2D eigenvalue weighted by Crippen LogP contribution is 2.23. The summed E-state index contributed by atoms with van der Waals surface area (Å²) in [4.78, 5) is 20.6. The molecule has 3 rings (SSSR count). The number of rotatable bonds is 8. The van der Waals surface area contributed by atoms with E-state index in [2.05, 4.69) is 39.5 Å². The molecule has 2 heterocycles. The van der Waals surface area contributed by atoms with Crippen LogP contribution in [0.1, 0.15) is 37.4 Å². The quantitative estimate of drug-likeness (QED) is 0.541. The molecule has 0 aliphatic rings. The SMILES string of the molecule is Cc1cnc(Nc2ccc(CNC(=O)CCCl)cc2)nc1-c1cnn(C(C)C)c1. The topological polar surface area (TPSA) is 84.7 Å². The van der Waals surface area contributed by atoms with Gasteiger partial charge in [-0.25, -0.2) is 9.97 Å². The molecule has 1 amide bonds. The van der Waals surface area contributed by atoms with Gasteiger partial charge in [-0.1, -0.05) is 12.1 Å². The van der Waals surface area contributed by atoms with E-state index in [9.17, 15) is 4.79 Å². The van der Waals surface area contributed by atoms with Crippen molar-refractivity contribution in [3.63, 3.8) is 0 Å². The minimum atomic E-state index is -0.0522. The maximum Gasteiger partial charge on any atom is 0.227 e. The first kappa shape index (κ1) is 20.8. The van der Waals surface area contributed by atoms with Crippen molar-refractivity contribution < 1.29 is 4.79 Å². The van der Waals surface area contributed by atoms with Crippen LogP contribution in [-0.2, 0) is 11.3 Å². The largest absolute Gasteiger partial charge is 0.352 e. The molecule has 0 saturated carbocycles. The molecule has 0 atom stereocenters. The second kappa shape index (κ2) is 9.52. The molecule has 7 nitrogen and oxygen atoms in total. The number of nitrogens with one attached hydrogen (secondary N) is 2. The number of halogens is 1. The Hall–Kier alpha value is -2.93. The highest BCUT2D eigenvalue weighted by Gasteiger charge is 2.10. The van der Waals surface area contributed by atoms with Crippen LogP contribution in [0.3, 0.4) is 0 Å². The standard InChI is InChI=1S/C21H25ClN6O/c1-14(2)28-13-17(12-25-28)20-15(3)10-24-21(27-20)26-18-6-4-16(5-7-18)11-23-19(29)8-9-22/h4-7,10,12-14H,8-9,11H2,1-3H3,(H,23,29)(H,24,26,27). The number of amides is 1. The summed E-state index contributed by atoms with van der Waals surface area (Å²) in [7, 11) is 0. The summed E-state index contributed by atoms with van der Waals surface area (Å²) in [6, 6.07) is 8.06. The summed E-state index contributed by atoms with van der Waals surface area (Å²) >= 11 is 5.57. The van der Waals surface area contributed by atoms with E-state index in [0.717, 1.165) is 28.1 Å². The zero-order valence-corrected chi connectivity index (χ0v) is 17.6. The van der Waals surface area contributed by atoms with E-state index in [4.69, 9.17) is 11.6 Å². The molecule has 0 aliphatic heterocycles. The monoisotopic (exact) mass is 412 g/mol. The average molecular weight is 413 g/mol. The van der Waals surface area contributed by atoms with Crippen molar-refractivity contribution in [1.29, 1.82) is 0 Å². The molecule has 0 unspecified atom stereocenters. The van der Waals surface area contributed by atoms with Gasteiger partial charge in [0.25, 0.3) is 0 Å². The van der Waals surface area contributed by atoms with Gasteiger partial charge in [0.2, 0.25) is 11.9 Å². The number of aromatic nitrogens is 4. The van der Waals surface area contributed by atoms with Gasteiger partial charge in [0.05, 0.1) is 11.9 Å². The van der Waals surface area contributed by atoms with Gasteiger partial charge in [-0.3, -0.25) is 9.48 Å². The summed E-state index contributed by atoms with van der Waals surface area (Å²) in [5.41, 5.74) is 4.68. The lowest BCUT2D eigenvalue weighted by molar-refractivity contribution is -0.120. The molecule has 29 heavy (non-hydrogen) atoms. The van der Waals surface area contributed by atoms with Crippen molar-refractivity contribution >= 4 is 29.1 Å². The van der Waals surface area contributed by atoms with Crippen molar-refractivity contribution in [2.45, 2.75) is 39.8 Å². The smallest absolute Gasteiger partial charge is 0.227 e. The minimum Gasteiger partial charge on any atom is -0.352 e. The number of anilines is 2. The van der Waals surface area contributed by atoms with Gasteiger partial charge in [0.1, 0.15) is 0 Å². The van der Waals surface area contributed by atoms with Crippen molar-refractivity contribution in [3.05, 3.63) is 54.0 Å². The van der Waals surface area contributed by atoms with Crippen molar-refractivity contribution in [1.82, 2.24) is 25.1 Å². The lowest BCUT2D eigenvalue weighted by atomic mass is 10.1. The number of alkyl halides is 1. The molecule has 3 aromatic rings. The Kier molecular flexibility index (Phi) is 6.82. The van der Waals surface area contributed by atoms with Gasteiger partial charge in [-0.15, -0.1) is 11.6 Å². The first-order chi connectivity index (χ1) is 14.0. The van der Waals surface area contributed by atoms with Crippen LogP contribution in [0.5, 0.6) is 0 Å². The van der Waals surface area contributed by atoms with E-state index < -0.39 is 0 Å². The summed E-state index contributed by atoms with van der Waals surface area (Å²) in [6.45, 7) is 6.63. The van der Waals surface area contributed by atoms with Gasteiger partial charge in [-0.05, 0) is 44.0 Å². The molecular weight excluding hydrogens is 388 g/mol. The molecule has 0 bridgehead atoms. The summed E-state index contributed by atoms with van der Waals surface area (Å²) in [5.74, 6) is 0.792. The van der Waals surface area contributed by atoms with E-state index in [-0.39, 0.29) is 5.91 Å². The van der Waals surface area contributed by atoms with Crippen molar-refractivity contribution in [3.8, 4) is 11.3 Å². The Morgan fingerprint density at radius 3 is 2.62 bits per heavy atom. The molecule has 152 valence electrons. The van der Waals surface area contributed by atoms with Crippen LogP contribution in [-0.4, -0.2) is 31.5 Å². The van der Waals surface area contributed by atoms with E-state index >= 15 is 0 Å². The fourth-order valence-corrected chi connectivity index (χ4v) is 2.92. The molecule has 8 heteroatoms. The number of hydrogen-bond acceptors (Lipinski definition) is 5. The predicted octanol–water partition coefficient (Wildman–Crippen LogP) is 4.22. The third-order valence-corrected chi connectivity index (χ3v) is 4.59.